The van der Waals surface area contributed by atoms with E-state index in [1.807, 2.05) is 0 Å². The molecule has 0 aromatic heterocycles. The number of hydrogen-bond acceptors (Lipinski definition) is 4. The molecule has 1 fully saturated rings. The van der Waals surface area contributed by atoms with Crippen molar-refractivity contribution in [2.24, 2.45) is 0 Å². The van der Waals surface area contributed by atoms with Crippen LogP contribution in [0.4, 0.5) is 15.8 Å². The molecule has 0 radical (unpaired) electrons. The minimum Gasteiger partial charge on any atom is -0.382 e. The van der Waals surface area contributed by atoms with E-state index in [2.05, 4.69) is 10.0 Å². The highest BCUT2D eigenvalue weighted by Crippen LogP contribution is 2.22. The quantitative estimate of drug-likeness (QED) is 0.886. The first-order chi connectivity index (χ1) is 8.94. The molecular formula is C12H17FN2O3S. The number of benzene rings is 1. The molecule has 106 valence electrons. The van der Waals surface area contributed by atoms with Crippen LogP contribution in [0, 0.1) is 5.82 Å². The zero-order valence-corrected chi connectivity index (χ0v) is 11.5. The summed E-state index contributed by atoms with van der Waals surface area (Å²) < 4.78 is 43.2. The maximum Gasteiger partial charge on any atom is 0.229 e. The summed E-state index contributed by atoms with van der Waals surface area (Å²) >= 11 is 0. The molecule has 1 aromatic rings. The summed E-state index contributed by atoms with van der Waals surface area (Å²) in [5, 5.41) is 3.25. The lowest BCUT2D eigenvalue weighted by molar-refractivity contribution is 0.0904. The van der Waals surface area contributed by atoms with Crippen LogP contribution in [0.3, 0.4) is 0 Å². The average molecular weight is 288 g/mol. The Labute approximate surface area is 112 Å². The highest BCUT2D eigenvalue weighted by atomic mass is 32.2. The molecule has 1 heterocycles. The van der Waals surface area contributed by atoms with Crippen LogP contribution in [0.5, 0.6) is 0 Å². The summed E-state index contributed by atoms with van der Waals surface area (Å²) in [6, 6.07) is 4.57. The Hall–Kier alpha value is -1.34. The van der Waals surface area contributed by atoms with E-state index in [1.54, 1.807) is 6.07 Å². The van der Waals surface area contributed by atoms with Gasteiger partial charge in [0.05, 0.1) is 11.9 Å². The van der Waals surface area contributed by atoms with E-state index in [0.29, 0.717) is 18.9 Å². The SMILES string of the molecule is CS(=O)(=O)Nc1cc(NC2CCOCC2)ccc1F. The van der Waals surface area contributed by atoms with Crippen LogP contribution < -0.4 is 10.0 Å². The molecule has 7 heteroatoms. The van der Waals surface area contributed by atoms with Gasteiger partial charge in [-0.2, -0.15) is 0 Å². The Kier molecular flexibility index (Phi) is 4.26. The molecule has 1 aliphatic heterocycles. The van der Waals surface area contributed by atoms with Crippen molar-refractivity contribution in [1.82, 2.24) is 0 Å². The van der Waals surface area contributed by atoms with Gasteiger partial charge >= 0.3 is 0 Å². The molecule has 1 saturated heterocycles. The molecule has 0 saturated carbocycles. The molecule has 5 nitrogen and oxygen atoms in total. The van der Waals surface area contributed by atoms with E-state index in [0.717, 1.165) is 19.1 Å². The molecule has 19 heavy (non-hydrogen) atoms. The van der Waals surface area contributed by atoms with Crippen molar-refractivity contribution in [1.29, 1.82) is 0 Å². The second-order valence-corrected chi connectivity index (χ2v) is 6.35. The first-order valence-electron chi connectivity index (χ1n) is 6.06. The van der Waals surface area contributed by atoms with Crippen molar-refractivity contribution < 1.29 is 17.5 Å². The molecular weight excluding hydrogens is 271 g/mol. The number of rotatable bonds is 4. The standard InChI is InChI=1S/C12H17FN2O3S/c1-19(16,17)15-12-8-10(2-3-11(12)13)14-9-4-6-18-7-5-9/h2-3,8-9,14-15H,4-7H2,1H3. The van der Waals surface area contributed by atoms with Crippen molar-refractivity contribution >= 4 is 21.4 Å². The van der Waals surface area contributed by atoms with Gasteiger partial charge in [0.1, 0.15) is 5.82 Å². The monoisotopic (exact) mass is 288 g/mol. The molecule has 0 bridgehead atoms. The van der Waals surface area contributed by atoms with Crippen molar-refractivity contribution in [2.45, 2.75) is 18.9 Å². The summed E-state index contributed by atoms with van der Waals surface area (Å²) in [6.07, 6.45) is 2.75. The zero-order chi connectivity index (χ0) is 13.9. The Morgan fingerprint density at radius 1 is 1.32 bits per heavy atom. The van der Waals surface area contributed by atoms with Gasteiger partial charge in [-0.05, 0) is 31.0 Å². The molecule has 2 N–H and O–H groups in total. The maximum absolute atomic E-state index is 13.5. The summed E-state index contributed by atoms with van der Waals surface area (Å²) in [5.74, 6) is -0.594. The molecule has 0 atom stereocenters. The summed E-state index contributed by atoms with van der Waals surface area (Å²) in [6.45, 7) is 1.40. The number of ether oxygens (including phenoxy) is 1. The van der Waals surface area contributed by atoms with Crippen LogP contribution in [0.2, 0.25) is 0 Å². The minimum atomic E-state index is -3.49. The third kappa shape index (κ3) is 4.36. The van der Waals surface area contributed by atoms with E-state index < -0.39 is 15.8 Å². The van der Waals surface area contributed by atoms with E-state index in [4.69, 9.17) is 4.74 Å². The number of anilines is 2. The third-order valence-corrected chi connectivity index (χ3v) is 3.44. The van der Waals surface area contributed by atoms with Crippen molar-refractivity contribution in [3.05, 3.63) is 24.0 Å². The Morgan fingerprint density at radius 2 is 2.00 bits per heavy atom. The van der Waals surface area contributed by atoms with Crippen molar-refractivity contribution in [2.75, 3.05) is 29.5 Å². The van der Waals surface area contributed by atoms with Crippen LogP contribution in [0.15, 0.2) is 18.2 Å². The van der Waals surface area contributed by atoms with E-state index >= 15 is 0 Å². The fourth-order valence-electron chi connectivity index (χ4n) is 1.97. The van der Waals surface area contributed by atoms with Crippen LogP contribution in [0.1, 0.15) is 12.8 Å². The van der Waals surface area contributed by atoms with Gasteiger partial charge in [-0.15, -0.1) is 0 Å². The molecule has 1 aliphatic rings. The van der Waals surface area contributed by atoms with Crippen LogP contribution in [0.25, 0.3) is 0 Å². The summed E-state index contributed by atoms with van der Waals surface area (Å²) in [4.78, 5) is 0. The topological polar surface area (TPSA) is 67.4 Å². The lowest BCUT2D eigenvalue weighted by atomic mass is 10.1. The fourth-order valence-corrected chi connectivity index (χ4v) is 2.53. The predicted molar refractivity (Wildman–Crippen MR) is 72.3 cm³/mol. The zero-order valence-electron chi connectivity index (χ0n) is 10.6. The second kappa shape index (κ2) is 5.75. The van der Waals surface area contributed by atoms with Crippen molar-refractivity contribution in [3.63, 3.8) is 0 Å². The smallest absolute Gasteiger partial charge is 0.229 e. The number of hydrogen-bond donors (Lipinski definition) is 2. The first kappa shape index (κ1) is 14.1. The van der Waals surface area contributed by atoms with E-state index in [-0.39, 0.29) is 11.7 Å². The van der Waals surface area contributed by atoms with Gasteiger partial charge in [0.25, 0.3) is 0 Å². The minimum absolute atomic E-state index is 0.0421. The Balaban J connectivity index is 2.11. The molecule has 1 aromatic carbocycles. The van der Waals surface area contributed by atoms with Crippen LogP contribution in [-0.4, -0.2) is 33.9 Å². The fraction of sp³-hybridized carbons (Fsp3) is 0.500. The average Bonchev–Trinajstić information content (AvgIpc) is 2.33. The summed E-state index contributed by atoms with van der Waals surface area (Å²) in [5.41, 5.74) is 0.652. The molecule has 0 spiro atoms. The largest absolute Gasteiger partial charge is 0.382 e. The van der Waals surface area contributed by atoms with Gasteiger partial charge in [0.15, 0.2) is 0 Å². The lowest BCUT2D eigenvalue weighted by Crippen LogP contribution is -2.27. The van der Waals surface area contributed by atoms with Gasteiger partial charge < -0.3 is 10.1 Å². The lowest BCUT2D eigenvalue weighted by Gasteiger charge is -2.24. The van der Waals surface area contributed by atoms with Crippen LogP contribution in [-0.2, 0) is 14.8 Å². The van der Waals surface area contributed by atoms with Gasteiger partial charge in [0, 0.05) is 24.9 Å². The number of sulfonamides is 1. The van der Waals surface area contributed by atoms with Crippen molar-refractivity contribution in [3.8, 4) is 0 Å². The predicted octanol–water partition coefficient (Wildman–Crippen LogP) is 1.79. The number of halogens is 1. The highest BCUT2D eigenvalue weighted by Gasteiger charge is 2.14. The van der Waals surface area contributed by atoms with Gasteiger partial charge in [-0.3, -0.25) is 4.72 Å². The van der Waals surface area contributed by atoms with Gasteiger partial charge in [-0.1, -0.05) is 0 Å². The molecule has 0 unspecified atom stereocenters. The third-order valence-electron chi connectivity index (χ3n) is 2.85. The van der Waals surface area contributed by atoms with Gasteiger partial charge in [0.2, 0.25) is 10.0 Å². The second-order valence-electron chi connectivity index (χ2n) is 4.60. The number of nitrogens with one attached hydrogen (secondary N) is 2. The molecule has 0 aliphatic carbocycles. The normalized spacial score (nSPS) is 17.2. The first-order valence-corrected chi connectivity index (χ1v) is 7.95. The Morgan fingerprint density at radius 3 is 2.63 bits per heavy atom. The van der Waals surface area contributed by atoms with E-state index in [1.165, 1.54) is 12.1 Å². The Bertz CT molecular complexity index is 542. The van der Waals surface area contributed by atoms with E-state index in [9.17, 15) is 12.8 Å². The maximum atomic E-state index is 13.5. The highest BCUT2D eigenvalue weighted by molar-refractivity contribution is 7.92. The van der Waals surface area contributed by atoms with Crippen LogP contribution >= 0.6 is 0 Å². The molecule has 0 amide bonds. The summed E-state index contributed by atoms with van der Waals surface area (Å²) in [7, 11) is -3.49. The molecule has 2 rings (SSSR count). The van der Waals surface area contributed by atoms with Gasteiger partial charge in [-0.25, -0.2) is 12.8 Å².